The van der Waals surface area contributed by atoms with Gasteiger partial charge in [-0.25, -0.2) is 0 Å². The molecule has 0 amide bonds. The molecule has 0 saturated heterocycles. The Morgan fingerprint density at radius 3 is 1.88 bits per heavy atom. The Hall–Kier alpha value is -0.391. The van der Waals surface area contributed by atoms with Gasteiger partial charge in [0, 0.05) is 23.7 Å². The molecular weight excluding hydrogens is 272 g/mol. The molecule has 0 unspecified atom stereocenters. The molecule has 0 aliphatic carbocycles. The zero-order valence-corrected chi connectivity index (χ0v) is 10.9. The van der Waals surface area contributed by atoms with Gasteiger partial charge < -0.3 is 5.11 Å². The van der Waals surface area contributed by atoms with E-state index in [9.17, 15) is 8.42 Å². The summed E-state index contributed by atoms with van der Waals surface area (Å²) in [6, 6.07) is 7.42. The van der Waals surface area contributed by atoms with E-state index in [0.717, 1.165) is 12.8 Å². The van der Waals surface area contributed by atoms with E-state index in [0.29, 0.717) is 6.61 Å². The molecule has 0 saturated carbocycles. The Kier molecular flexibility index (Phi) is 11.0. The molecule has 16 heavy (non-hydrogen) atoms. The molecule has 0 fully saturated rings. The molecule has 6 heteroatoms. The maximum absolute atomic E-state index is 10.4. The van der Waals surface area contributed by atoms with Crippen LogP contribution in [-0.2, 0) is 27.2 Å². The summed E-state index contributed by atoms with van der Waals surface area (Å²) in [5, 5.41) is 8.07. The van der Waals surface area contributed by atoms with Crippen LogP contribution in [0.5, 0.6) is 0 Å². The summed E-state index contributed by atoms with van der Waals surface area (Å²) in [6.45, 7) is 2.40. The molecule has 1 aromatic carbocycles. The smallest absolute Gasteiger partial charge is 0.294 e. The maximum Gasteiger partial charge on any atom is 0.294 e. The van der Waals surface area contributed by atoms with Gasteiger partial charge in [0.25, 0.3) is 10.1 Å². The topological polar surface area (TPSA) is 74.6 Å². The SMILES string of the molecule is CCCCO.O=S(=O)(O)c1ccccc1.[Fe]. The first-order valence-corrected chi connectivity index (χ1v) is 6.09. The largest absolute Gasteiger partial charge is 0.396 e. The van der Waals surface area contributed by atoms with Gasteiger partial charge in [-0.1, -0.05) is 31.5 Å². The van der Waals surface area contributed by atoms with Crippen molar-refractivity contribution in [1.82, 2.24) is 0 Å². The number of unbranched alkanes of at least 4 members (excludes halogenated alkanes) is 1. The van der Waals surface area contributed by atoms with Gasteiger partial charge in [-0.3, -0.25) is 4.55 Å². The van der Waals surface area contributed by atoms with Gasteiger partial charge in [0.1, 0.15) is 0 Å². The standard InChI is InChI=1S/C6H6O3S.C4H10O.Fe/c7-10(8,9)6-4-2-1-3-5-6;1-2-3-4-5;/h1-5H,(H,7,8,9);5H,2-4H2,1H3;. The predicted octanol–water partition coefficient (Wildman–Crippen LogP) is 1.71. The van der Waals surface area contributed by atoms with E-state index < -0.39 is 10.1 Å². The minimum atomic E-state index is -4.00. The van der Waals surface area contributed by atoms with Gasteiger partial charge in [-0.05, 0) is 18.6 Å². The number of hydrogen-bond acceptors (Lipinski definition) is 3. The van der Waals surface area contributed by atoms with Crippen LogP contribution in [0.1, 0.15) is 19.8 Å². The van der Waals surface area contributed by atoms with Crippen molar-refractivity contribution in [3.63, 3.8) is 0 Å². The Morgan fingerprint density at radius 2 is 1.69 bits per heavy atom. The van der Waals surface area contributed by atoms with E-state index in [1.807, 2.05) is 0 Å². The van der Waals surface area contributed by atoms with E-state index in [4.69, 9.17) is 9.66 Å². The Labute approximate surface area is 107 Å². The fourth-order valence-electron chi connectivity index (χ4n) is 0.751. The summed E-state index contributed by atoms with van der Waals surface area (Å²) in [7, 11) is -4.00. The number of aliphatic hydroxyl groups is 1. The van der Waals surface area contributed by atoms with Gasteiger partial charge in [-0.2, -0.15) is 8.42 Å². The first-order valence-electron chi connectivity index (χ1n) is 4.65. The van der Waals surface area contributed by atoms with Crippen molar-refractivity contribution in [2.45, 2.75) is 24.7 Å². The molecule has 4 nitrogen and oxygen atoms in total. The second-order valence-corrected chi connectivity index (χ2v) is 4.29. The van der Waals surface area contributed by atoms with Crippen molar-refractivity contribution in [3.05, 3.63) is 30.3 Å². The van der Waals surface area contributed by atoms with Gasteiger partial charge in [0.15, 0.2) is 0 Å². The van der Waals surface area contributed by atoms with Crippen LogP contribution in [0.3, 0.4) is 0 Å². The van der Waals surface area contributed by atoms with Crippen molar-refractivity contribution in [2.75, 3.05) is 6.61 Å². The molecule has 0 aliphatic rings. The van der Waals surface area contributed by atoms with Crippen molar-refractivity contribution < 1.29 is 35.1 Å². The Morgan fingerprint density at radius 1 is 1.19 bits per heavy atom. The van der Waals surface area contributed by atoms with Gasteiger partial charge in [-0.15, -0.1) is 0 Å². The van der Waals surface area contributed by atoms with Crippen LogP contribution in [0, 0.1) is 0 Å². The second kappa shape index (κ2) is 9.81. The molecule has 0 spiro atoms. The number of aliphatic hydroxyl groups excluding tert-OH is 1. The van der Waals surface area contributed by atoms with E-state index in [1.165, 1.54) is 12.1 Å². The minimum Gasteiger partial charge on any atom is -0.396 e. The van der Waals surface area contributed by atoms with Crippen LogP contribution >= 0.6 is 0 Å². The number of rotatable bonds is 3. The van der Waals surface area contributed by atoms with E-state index in [1.54, 1.807) is 18.2 Å². The monoisotopic (exact) mass is 288 g/mol. The fourth-order valence-corrected chi connectivity index (χ4v) is 1.25. The third kappa shape index (κ3) is 8.88. The number of hydrogen-bond donors (Lipinski definition) is 2. The summed E-state index contributed by atoms with van der Waals surface area (Å²) in [5.74, 6) is 0. The zero-order valence-electron chi connectivity index (χ0n) is 8.98. The summed E-state index contributed by atoms with van der Waals surface area (Å²) in [4.78, 5) is -0.0741. The van der Waals surface area contributed by atoms with E-state index in [-0.39, 0.29) is 22.0 Å². The molecule has 0 aromatic heterocycles. The second-order valence-electron chi connectivity index (χ2n) is 2.87. The normalized spacial score (nSPS) is 9.69. The third-order valence-electron chi connectivity index (χ3n) is 1.55. The molecular formula is C10H16FeO4S. The molecule has 2 N–H and O–H groups in total. The number of benzene rings is 1. The first kappa shape index (κ1) is 18.0. The fraction of sp³-hybridized carbons (Fsp3) is 0.400. The van der Waals surface area contributed by atoms with Crippen LogP contribution in [0.4, 0.5) is 0 Å². The summed E-state index contributed by atoms with van der Waals surface area (Å²) in [5.41, 5.74) is 0. The van der Waals surface area contributed by atoms with Crippen LogP contribution < -0.4 is 0 Å². The summed E-state index contributed by atoms with van der Waals surface area (Å²) in [6.07, 6.45) is 2.04. The molecule has 0 aliphatic heterocycles. The van der Waals surface area contributed by atoms with Crippen LogP contribution in [-0.4, -0.2) is 24.7 Å². The van der Waals surface area contributed by atoms with Crippen molar-refractivity contribution in [3.8, 4) is 0 Å². The third-order valence-corrected chi connectivity index (χ3v) is 2.42. The first-order chi connectivity index (χ1) is 7.02. The van der Waals surface area contributed by atoms with Gasteiger partial charge >= 0.3 is 0 Å². The molecule has 0 heterocycles. The average molecular weight is 288 g/mol. The van der Waals surface area contributed by atoms with Crippen LogP contribution in [0.25, 0.3) is 0 Å². The molecule has 1 aromatic rings. The maximum atomic E-state index is 10.4. The van der Waals surface area contributed by atoms with E-state index >= 15 is 0 Å². The van der Waals surface area contributed by atoms with Crippen molar-refractivity contribution in [2.24, 2.45) is 0 Å². The zero-order chi connectivity index (χ0) is 11.7. The predicted molar refractivity (Wildman–Crippen MR) is 58.3 cm³/mol. The van der Waals surface area contributed by atoms with Gasteiger partial charge in [0.2, 0.25) is 0 Å². The summed E-state index contributed by atoms with van der Waals surface area (Å²) >= 11 is 0. The Balaban J connectivity index is 0. The average Bonchev–Trinajstić information content (AvgIpc) is 2.20. The molecule has 0 radical (unpaired) electrons. The minimum absolute atomic E-state index is 0. The molecule has 0 atom stereocenters. The van der Waals surface area contributed by atoms with Crippen molar-refractivity contribution in [1.29, 1.82) is 0 Å². The quantitative estimate of drug-likeness (QED) is 0.656. The van der Waals surface area contributed by atoms with Crippen LogP contribution in [0.15, 0.2) is 35.2 Å². The molecule has 94 valence electrons. The Bertz CT molecular complexity index is 348. The molecule has 1 rings (SSSR count). The molecule has 0 bridgehead atoms. The van der Waals surface area contributed by atoms with Gasteiger partial charge in [0.05, 0.1) is 4.90 Å². The van der Waals surface area contributed by atoms with E-state index in [2.05, 4.69) is 6.92 Å². The van der Waals surface area contributed by atoms with Crippen molar-refractivity contribution >= 4 is 10.1 Å². The summed E-state index contributed by atoms with van der Waals surface area (Å²) < 4.78 is 29.2. The van der Waals surface area contributed by atoms with Crippen LogP contribution in [0.2, 0.25) is 0 Å².